The van der Waals surface area contributed by atoms with Gasteiger partial charge in [0.1, 0.15) is 12.6 Å². The molecule has 2 aromatic heterocycles. The summed E-state index contributed by atoms with van der Waals surface area (Å²) in [5.41, 5.74) is 4.47. The van der Waals surface area contributed by atoms with Crippen LogP contribution in [0.3, 0.4) is 0 Å². The zero-order chi connectivity index (χ0) is 13.9. The number of nitrogens with zero attached hydrogens (tertiary/aromatic N) is 1. The van der Waals surface area contributed by atoms with E-state index in [2.05, 4.69) is 68.9 Å². The summed E-state index contributed by atoms with van der Waals surface area (Å²) in [6.07, 6.45) is 0. The summed E-state index contributed by atoms with van der Waals surface area (Å²) in [5.74, 6) is 0. The molecule has 4 heteroatoms. The third-order valence-corrected chi connectivity index (χ3v) is 5.07. The number of nitrogens with one attached hydrogen (secondary N) is 1. The van der Waals surface area contributed by atoms with Gasteiger partial charge in [0.25, 0.3) is 0 Å². The minimum atomic E-state index is 0.750. The number of pyridine rings is 1. The van der Waals surface area contributed by atoms with Crippen LogP contribution in [0.25, 0.3) is 32.8 Å². The number of aromatic amines is 1. The fourth-order valence-electron chi connectivity index (χ4n) is 2.87. The molecule has 0 bridgehead atoms. The average molecular weight is 347 g/mol. The maximum absolute atomic E-state index is 6.49. The molecule has 98 valence electrons. The second-order valence-electron chi connectivity index (χ2n) is 4.93. The van der Waals surface area contributed by atoms with Gasteiger partial charge in [0, 0.05) is 15.9 Å². The Kier molecular flexibility index (Phi) is 2.56. The topological polar surface area (TPSA) is 19.7 Å². The molecule has 4 aromatic rings. The molecule has 0 spiro atoms. The molecule has 20 heavy (non-hydrogen) atoms. The number of para-hydroxylation sites is 1. The first-order chi connectivity index (χ1) is 9.66. The first kappa shape index (κ1) is 12.2. The highest BCUT2D eigenvalue weighted by molar-refractivity contribution is 9.10. The van der Waals surface area contributed by atoms with Crippen LogP contribution in [0.4, 0.5) is 0 Å². The summed E-state index contributed by atoms with van der Waals surface area (Å²) in [7, 11) is 2.08. The zero-order valence-corrected chi connectivity index (χ0v) is 13.1. The van der Waals surface area contributed by atoms with Crippen molar-refractivity contribution < 1.29 is 4.57 Å². The van der Waals surface area contributed by atoms with Crippen LogP contribution in [-0.2, 0) is 7.05 Å². The lowest BCUT2D eigenvalue weighted by Gasteiger charge is -2.00. The van der Waals surface area contributed by atoms with Crippen molar-refractivity contribution in [1.82, 2.24) is 4.98 Å². The van der Waals surface area contributed by atoms with Crippen molar-refractivity contribution in [3.63, 3.8) is 0 Å². The molecule has 1 N–H and O–H groups in total. The number of rotatable bonds is 0. The summed E-state index contributed by atoms with van der Waals surface area (Å²) in [5, 5.41) is 3.02. The van der Waals surface area contributed by atoms with Gasteiger partial charge >= 0.3 is 0 Å². The number of halogens is 2. The number of fused-ring (bicyclic) bond motifs is 4. The molecule has 0 aliphatic rings. The number of aromatic nitrogens is 2. The minimum absolute atomic E-state index is 0.750. The largest absolute Gasteiger partial charge is 0.349 e. The lowest BCUT2D eigenvalue weighted by atomic mass is 10.1. The Morgan fingerprint density at radius 3 is 2.75 bits per heavy atom. The molecule has 0 saturated carbocycles. The number of hydrogen-bond acceptors (Lipinski definition) is 0. The van der Waals surface area contributed by atoms with Gasteiger partial charge in [-0.25, -0.2) is 0 Å². The van der Waals surface area contributed by atoms with Crippen LogP contribution >= 0.6 is 27.5 Å². The summed E-state index contributed by atoms with van der Waals surface area (Å²) >= 11 is 10.00. The van der Waals surface area contributed by atoms with E-state index in [0.29, 0.717) is 0 Å². The molecule has 2 aromatic carbocycles. The Labute approximate surface area is 129 Å². The van der Waals surface area contributed by atoms with Crippen molar-refractivity contribution in [2.24, 2.45) is 7.05 Å². The monoisotopic (exact) mass is 345 g/mol. The standard InChI is InChI=1S/C16H10BrClN2/c1-20-13-5-3-2-4-9(13)8-12-16(20)14-11(19-12)7-6-10(17)15(14)18/h2-8H,1H3/p+1. The fourth-order valence-corrected chi connectivity index (χ4v) is 3.45. The average Bonchev–Trinajstić information content (AvgIpc) is 2.82. The highest BCUT2D eigenvalue weighted by atomic mass is 79.9. The lowest BCUT2D eigenvalue weighted by Crippen LogP contribution is -2.29. The summed E-state index contributed by atoms with van der Waals surface area (Å²) in [6, 6.07) is 14.6. The van der Waals surface area contributed by atoms with Crippen LogP contribution < -0.4 is 4.57 Å². The summed E-state index contributed by atoms with van der Waals surface area (Å²) in [6.45, 7) is 0. The highest BCUT2D eigenvalue weighted by Gasteiger charge is 2.20. The Morgan fingerprint density at radius 2 is 1.90 bits per heavy atom. The Morgan fingerprint density at radius 1 is 1.10 bits per heavy atom. The molecule has 2 heterocycles. The van der Waals surface area contributed by atoms with E-state index in [-0.39, 0.29) is 0 Å². The molecule has 2 nitrogen and oxygen atoms in total. The predicted molar refractivity (Wildman–Crippen MR) is 87.2 cm³/mol. The van der Waals surface area contributed by atoms with E-state index >= 15 is 0 Å². The minimum Gasteiger partial charge on any atom is -0.349 e. The van der Waals surface area contributed by atoms with Crippen LogP contribution in [0.5, 0.6) is 0 Å². The van der Waals surface area contributed by atoms with Gasteiger partial charge in [0.15, 0.2) is 0 Å². The second-order valence-corrected chi connectivity index (χ2v) is 6.17. The molecule has 0 fully saturated rings. The number of hydrogen-bond donors (Lipinski definition) is 1. The number of benzene rings is 2. The molecule has 0 aliphatic heterocycles. The van der Waals surface area contributed by atoms with Gasteiger partial charge in [0.2, 0.25) is 11.0 Å². The smallest absolute Gasteiger partial charge is 0.240 e. The van der Waals surface area contributed by atoms with Crippen LogP contribution in [0.1, 0.15) is 0 Å². The van der Waals surface area contributed by atoms with Crippen molar-refractivity contribution in [2.75, 3.05) is 0 Å². The van der Waals surface area contributed by atoms with Gasteiger partial charge in [-0.1, -0.05) is 23.7 Å². The zero-order valence-electron chi connectivity index (χ0n) is 10.7. The molecular weight excluding hydrogens is 336 g/mol. The third kappa shape index (κ3) is 1.54. The van der Waals surface area contributed by atoms with Crippen molar-refractivity contribution in [2.45, 2.75) is 0 Å². The maximum Gasteiger partial charge on any atom is 0.240 e. The van der Waals surface area contributed by atoms with E-state index in [1.807, 2.05) is 6.07 Å². The quantitative estimate of drug-likeness (QED) is 0.445. The Hall–Kier alpha value is -1.58. The lowest BCUT2D eigenvalue weighted by molar-refractivity contribution is -0.616. The van der Waals surface area contributed by atoms with E-state index in [1.165, 1.54) is 10.9 Å². The van der Waals surface area contributed by atoms with Gasteiger partial charge in [-0.2, -0.15) is 4.57 Å². The predicted octanol–water partition coefficient (Wildman–Crippen LogP) is 4.71. The third-order valence-electron chi connectivity index (χ3n) is 3.79. The van der Waals surface area contributed by atoms with E-state index in [9.17, 15) is 0 Å². The molecule has 4 rings (SSSR count). The van der Waals surface area contributed by atoms with Crippen LogP contribution in [-0.4, -0.2) is 4.98 Å². The van der Waals surface area contributed by atoms with Crippen LogP contribution in [0.2, 0.25) is 5.02 Å². The van der Waals surface area contributed by atoms with E-state index in [0.717, 1.165) is 31.4 Å². The van der Waals surface area contributed by atoms with Gasteiger partial charge in [-0.05, 0) is 40.2 Å². The van der Waals surface area contributed by atoms with E-state index < -0.39 is 0 Å². The van der Waals surface area contributed by atoms with Crippen molar-refractivity contribution in [3.8, 4) is 0 Å². The van der Waals surface area contributed by atoms with E-state index in [4.69, 9.17) is 11.6 Å². The SMILES string of the molecule is C[n+]1c2ccccc2cc2[nH]c3ccc(Br)c(Cl)c3c21. The maximum atomic E-state index is 6.49. The first-order valence-corrected chi connectivity index (χ1v) is 7.51. The highest BCUT2D eigenvalue weighted by Crippen LogP contribution is 2.35. The molecule has 0 unspecified atom stereocenters. The van der Waals surface area contributed by atoms with Crippen molar-refractivity contribution in [1.29, 1.82) is 0 Å². The van der Waals surface area contributed by atoms with Gasteiger partial charge < -0.3 is 4.98 Å². The van der Waals surface area contributed by atoms with Crippen molar-refractivity contribution >= 4 is 60.4 Å². The molecular formula is C16H11BrClN2+. The van der Waals surface area contributed by atoms with Crippen molar-refractivity contribution in [3.05, 3.63) is 52.0 Å². The summed E-state index contributed by atoms with van der Waals surface area (Å²) in [4.78, 5) is 3.45. The van der Waals surface area contributed by atoms with Crippen LogP contribution in [0.15, 0.2) is 46.9 Å². The van der Waals surface area contributed by atoms with Gasteiger partial charge in [0.05, 0.1) is 15.9 Å². The number of aryl methyl sites for hydroxylation is 1. The molecule has 0 aliphatic carbocycles. The van der Waals surface area contributed by atoms with Gasteiger partial charge in [-0.15, -0.1) is 0 Å². The number of H-pyrrole nitrogens is 1. The normalized spacial score (nSPS) is 11.8. The molecule has 0 radical (unpaired) electrons. The second kappa shape index (κ2) is 4.21. The van der Waals surface area contributed by atoms with Crippen LogP contribution in [0, 0.1) is 0 Å². The summed E-state index contributed by atoms with van der Waals surface area (Å²) < 4.78 is 3.11. The van der Waals surface area contributed by atoms with Gasteiger partial charge in [-0.3, -0.25) is 0 Å². The molecule has 0 amide bonds. The molecule has 0 saturated heterocycles. The van der Waals surface area contributed by atoms with E-state index in [1.54, 1.807) is 0 Å². The molecule has 0 atom stereocenters. The Balaban J connectivity index is 2.34. The Bertz CT molecular complexity index is 988. The fraction of sp³-hybridized carbons (Fsp3) is 0.0625. The first-order valence-electron chi connectivity index (χ1n) is 6.34.